The Hall–Kier alpha value is -1.31. The van der Waals surface area contributed by atoms with Crippen LogP contribution >= 0.6 is 11.6 Å². The fraction of sp³-hybridized carbons (Fsp3) is 0.417. The minimum atomic E-state index is -3.96. The summed E-state index contributed by atoms with van der Waals surface area (Å²) >= 11 is 5.74. The number of benzene rings is 1. The third-order valence-electron chi connectivity index (χ3n) is 3.02. The van der Waals surface area contributed by atoms with Crippen LogP contribution in [-0.4, -0.2) is 38.9 Å². The van der Waals surface area contributed by atoms with E-state index in [-0.39, 0.29) is 28.2 Å². The number of hydrogen-bond donors (Lipinski definition) is 1. The number of ether oxygens (including phenoxy) is 1. The Morgan fingerprint density at radius 1 is 1.35 bits per heavy atom. The van der Waals surface area contributed by atoms with E-state index in [4.69, 9.17) is 21.5 Å². The van der Waals surface area contributed by atoms with Gasteiger partial charge in [0.2, 0.25) is 10.0 Å². The number of hydrogen-bond acceptors (Lipinski definition) is 4. The highest BCUT2D eigenvalue weighted by Crippen LogP contribution is 2.26. The lowest BCUT2D eigenvalue weighted by atomic mass is 10.3. The first-order valence-electron chi connectivity index (χ1n) is 6.11. The molecule has 2 rings (SSSR count). The molecule has 0 spiro atoms. The fourth-order valence-electron chi connectivity index (χ4n) is 2.02. The second-order valence-electron chi connectivity index (χ2n) is 4.51. The fourth-order valence-corrected chi connectivity index (χ4v) is 2.96. The first kappa shape index (κ1) is 15.1. The molecular formula is C12H15ClN2O4S. The number of sulfonamides is 1. The van der Waals surface area contributed by atoms with E-state index < -0.39 is 10.0 Å². The molecule has 110 valence electrons. The maximum Gasteiger partial charge on any atom is 0.260 e. The summed E-state index contributed by atoms with van der Waals surface area (Å²) < 4.78 is 28.2. The first-order chi connectivity index (χ1) is 9.38. The summed E-state index contributed by atoms with van der Waals surface area (Å²) in [6.07, 6.45) is 1.96. The molecule has 1 fully saturated rings. The number of rotatable bonds is 4. The van der Waals surface area contributed by atoms with Gasteiger partial charge >= 0.3 is 0 Å². The SMILES string of the molecule is NS(=O)(=O)c1cc(Cl)ccc1OCC(=O)N1CCCC1. The Bertz CT molecular complexity index is 612. The second kappa shape index (κ2) is 5.99. The van der Waals surface area contributed by atoms with Crippen molar-refractivity contribution in [3.8, 4) is 5.75 Å². The van der Waals surface area contributed by atoms with Gasteiger partial charge in [0.1, 0.15) is 10.6 Å². The maximum atomic E-state index is 11.8. The molecule has 0 unspecified atom stereocenters. The number of amides is 1. The van der Waals surface area contributed by atoms with Crippen LogP contribution in [0, 0.1) is 0 Å². The Balaban J connectivity index is 2.11. The van der Waals surface area contributed by atoms with Gasteiger partial charge < -0.3 is 9.64 Å². The zero-order valence-electron chi connectivity index (χ0n) is 10.7. The molecule has 0 saturated carbocycles. The molecule has 0 bridgehead atoms. The maximum absolute atomic E-state index is 11.8. The molecule has 0 aromatic heterocycles. The smallest absolute Gasteiger partial charge is 0.260 e. The third-order valence-corrected chi connectivity index (χ3v) is 4.19. The number of primary sulfonamides is 1. The average molecular weight is 319 g/mol. The van der Waals surface area contributed by atoms with Gasteiger partial charge in [0.15, 0.2) is 6.61 Å². The quantitative estimate of drug-likeness (QED) is 0.896. The van der Waals surface area contributed by atoms with Crippen LogP contribution in [0.3, 0.4) is 0 Å². The largest absolute Gasteiger partial charge is 0.482 e. The zero-order chi connectivity index (χ0) is 14.8. The van der Waals surface area contributed by atoms with Crippen molar-refractivity contribution in [1.82, 2.24) is 4.90 Å². The topological polar surface area (TPSA) is 89.7 Å². The van der Waals surface area contributed by atoms with E-state index in [1.807, 2.05) is 0 Å². The van der Waals surface area contributed by atoms with Crippen LogP contribution in [0.25, 0.3) is 0 Å². The van der Waals surface area contributed by atoms with Crippen molar-refractivity contribution in [2.24, 2.45) is 5.14 Å². The van der Waals surface area contributed by atoms with Gasteiger partial charge in [0, 0.05) is 18.1 Å². The van der Waals surface area contributed by atoms with Crippen molar-refractivity contribution >= 4 is 27.5 Å². The van der Waals surface area contributed by atoms with E-state index in [1.54, 1.807) is 4.90 Å². The lowest BCUT2D eigenvalue weighted by Crippen LogP contribution is -2.32. The van der Waals surface area contributed by atoms with E-state index in [1.165, 1.54) is 18.2 Å². The van der Waals surface area contributed by atoms with Crippen LogP contribution in [0.15, 0.2) is 23.1 Å². The predicted molar refractivity (Wildman–Crippen MR) is 74.1 cm³/mol. The summed E-state index contributed by atoms with van der Waals surface area (Å²) in [5.74, 6) is -0.137. The molecule has 1 aromatic carbocycles. The zero-order valence-corrected chi connectivity index (χ0v) is 12.3. The van der Waals surface area contributed by atoms with Crippen molar-refractivity contribution < 1.29 is 17.9 Å². The molecule has 20 heavy (non-hydrogen) atoms. The number of carbonyl (C=O) groups is 1. The minimum absolute atomic E-state index is 0.0319. The lowest BCUT2D eigenvalue weighted by Gasteiger charge is -2.16. The second-order valence-corrected chi connectivity index (χ2v) is 6.48. The molecule has 1 saturated heterocycles. The van der Waals surface area contributed by atoms with Crippen molar-refractivity contribution in [1.29, 1.82) is 0 Å². The van der Waals surface area contributed by atoms with Gasteiger partial charge in [-0.3, -0.25) is 4.79 Å². The van der Waals surface area contributed by atoms with Gasteiger partial charge in [-0.2, -0.15) is 0 Å². The van der Waals surface area contributed by atoms with Gasteiger partial charge in [-0.25, -0.2) is 13.6 Å². The van der Waals surface area contributed by atoms with E-state index in [9.17, 15) is 13.2 Å². The Labute approximate surface area is 122 Å². The minimum Gasteiger partial charge on any atom is -0.482 e. The molecule has 0 aliphatic carbocycles. The van der Waals surface area contributed by atoms with Crippen molar-refractivity contribution in [2.45, 2.75) is 17.7 Å². The molecule has 2 N–H and O–H groups in total. The summed E-state index contributed by atoms with van der Waals surface area (Å²) in [4.78, 5) is 13.3. The van der Waals surface area contributed by atoms with Crippen LogP contribution in [0.1, 0.15) is 12.8 Å². The van der Waals surface area contributed by atoms with E-state index in [0.717, 1.165) is 12.8 Å². The van der Waals surface area contributed by atoms with Crippen molar-refractivity contribution in [2.75, 3.05) is 19.7 Å². The number of halogens is 1. The van der Waals surface area contributed by atoms with E-state index >= 15 is 0 Å². The van der Waals surface area contributed by atoms with Crippen LogP contribution in [0.2, 0.25) is 5.02 Å². The third kappa shape index (κ3) is 3.62. The van der Waals surface area contributed by atoms with Crippen molar-refractivity contribution in [3.05, 3.63) is 23.2 Å². The van der Waals surface area contributed by atoms with Crippen molar-refractivity contribution in [3.63, 3.8) is 0 Å². The van der Waals surface area contributed by atoms with Gasteiger partial charge in [0.25, 0.3) is 5.91 Å². The van der Waals surface area contributed by atoms with Gasteiger partial charge in [-0.1, -0.05) is 11.6 Å². The first-order valence-corrected chi connectivity index (χ1v) is 8.03. The summed E-state index contributed by atoms with van der Waals surface area (Å²) in [6.45, 7) is 1.21. The molecule has 8 heteroatoms. The lowest BCUT2D eigenvalue weighted by molar-refractivity contribution is -0.132. The highest BCUT2D eigenvalue weighted by molar-refractivity contribution is 7.89. The monoisotopic (exact) mass is 318 g/mol. The number of nitrogens with zero attached hydrogens (tertiary/aromatic N) is 1. The molecular weight excluding hydrogens is 304 g/mol. The highest BCUT2D eigenvalue weighted by Gasteiger charge is 2.20. The molecule has 1 aromatic rings. The van der Waals surface area contributed by atoms with Gasteiger partial charge in [-0.05, 0) is 31.0 Å². The van der Waals surface area contributed by atoms with E-state index in [0.29, 0.717) is 13.1 Å². The number of likely N-dealkylation sites (tertiary alicyclic amines) is 1. The Morgan fingerprint density at radius 3 is 2.60 bits per heavy atom. The molecule has 1 amide bonds. The molecule has 1 heterocycles. The van der Waals surface area contributed by atoms with Gasteiger partial charge in [0.05, 0.1) is 0 Å². The summed E-state index contributed by atoms with van der Waals surface area (Å²) in [5.41, 5.74) is 0. The summed E-state index contributed by atoms with van der Waals surface area (Å²) in [6, 6.07) is 4.07. The van der Waals surface area contributed by atoms with Crippen LogP contribution in [-0.2, 0) is 14.8 Å². The molecule has 1 aliphatic heterocycles. The number of nitrogens with two attached hydrogens (primary N) is 1. The van der Waals surface area contributed by atoms with E-state index in [2.05, 4.69) is 0 Å². The van der Waals surface area contributed by atoms with Gasteiger partial charge in [-0.15, -0.1) is 0 Å². The molecule has 0 atom stereocenters. The molecule has 6 nitrogen and oxygen atoms in total. The standard InChI is InChI=1S/C12H15ClN2O4S/c13-9-3-4-10(11(7-9)20(14,17)18)19-8-12(16)15-5-1-2-6-15/h3-4,7H,1-2,5-6,8H2,(H2,14,17,18). The predicted octanol–water partition coefficient (Wildman–Crippen LogP) is 0.989. The van der Waals surface area contributed by atoms with Crippen LogP contribution in [0.5, 0.6) is 5.75 Å². The Morgan fingerprint density at radius 2 is 2.00 bits per heavy atom. The molecule has 1 aliphatic rings. The number of carbonyl (C=O) groups excluding carboxylic acids is 1. The average Bonchev–Trinajstić information content (AvgIpc) is 2.89. The highest BCUT2D eigenvalue weighted by atomic mass is 35.5. The summed E-state index contributed by atoms with van der Waals surface area (Å²) in [5, 5.41) is 5.32. The van der Waals surface area contributed by atoms with Crippen LogP contribution in [0.4, 0.5) is 0 Å². The summed E-state index contributed by atoms with van der Waals surface area (Å²) in [7, 11) is -3.96. The normalized spacial score (nSPS) is 15.4. The Kier molecular flexibility index (Phi) is 4.52. The van der Waals surface area contributed by atoms with Crippen LogP contribution < -0.4 is 9.88 Å². The molecule has 0 radical (unpaired) electrons.